The lowest BCUT2D eigenvalue weighted by atomic mass is 10.4. The normalized spacial score (nSPS) is 20.7. The van der Waals surface area contributed by atoms with Crippen LogP contribution in [-0.4, -0.2) is 118 Å². The molecule has 2 rings (SSSR count). The maximum Gasteiger partial charge on any atom is 0.304 e. The lowest BCUT2D eigenvalue weighted by Gasteiger charge is -2.41. The van der Waals surface area contributed by atoms with E-state index in [4.69, 9.17) is 5.11 Å². The molecule has 2 unspecified atom stereocenters. The quantitative estimate of drug-likeness (QED) is 0.277. The number of aliphatic hydroxyl groups is 1. The Morgan fingerprint density at radius 3 is 1.94 bits per heavy atom. The van der Waals surface area contributed by atoms with Crippen molar-refractivity contribution in [3.05, 3.63) is 24.3 Å². The maximum absolute atomic E-state index is 14.1. The van der Waals surface area contributed by atoms with Gasteiger partial charge in [-0.05, 0) is 27.2 Å². The molecule has 13 heteroatoms. The van der Waals surface area contributed by atoms with Gasteiger partial charge in [-0.1, -0.05) is 0 Å². The standard InChI is InChI=1S/C18H28N5O7P/c1-19(9-8-18(28)29)31(30,20(2)10-12-22-14(24)4-5-15(22)25)21(3)11-13-23-16(26)6-7-17(23)27/h4-7,14,24H,8-13H2,1-3H3,(H,28,29). The Kier molecular flexibility index (Phi) is 8.27. The Balaban J connectivity index is 2.11. The molecule has 31 heavy (non-hydrogen) atoms. The van der Waals surface area contributed by atoms with E-state index in [9.17, 15) is 28.8 Å². The molecular formula is C18H28N5O7P. The molecule has 3 amide bonds. The molecule has 2 aliphatic rings. The summed E-state index contributed by atoms with van der Waals surface area (Å²) >= 11 is 0. The van der Waals surface area contributed by atoms with E-state index in [-0.39, 0.29) is 45.1 Å². The average Bonchev–Trinajstić information content (AvgIpc) is 3.21. The summed E-state index contributed by atoms with van der Waals surface area (Å²) in [5, 5.41) is 18.9. The third-order valence-corrected chi connectivity index (χ3v) is 8.48. The van der Waals surface area contributed by atoms with E-state index in [2.05, 4.69) is 0 Å². The molecule has 2 N–H and O–H groups in total. The first-order chi connectivity index (χ1) is 14.5. The number of carbonyl (C=O) groups is 4. The topological polar surface area (TPSA) is 142 Å². The van der Waals surface area contributed by atoms with Crippen LogP contribution in [0.25, 0.3) is 0 Å². The van der Waals surface area contributed by atoms with Crippen LogP contribution in [0.5, 0.6) is 0 Å². The second-order valence-electron chi connectivity index (χ2n) is 7.27. The number of hydrogen-bond donors (Lipinski definition) is 2. The molecule has 2 atom stereocenters. The molecular weight excluding hydrogens is 429 g/mol. The van der Waals surface area contributed by atoms with Crippen LogP contribution in [0.15, 0.2) is 24.3 Å². The lowest BCUT2D eigenvalue weighted by Crippen LogP contribution is -2.44. The van der Waals surface area contributed by atoms with Gasteiger partial charge in [-0.2, -0.15) is 0 Å². The highest BCUT2D eigenvalue weighted by atomic mass is 31.2. The molecule has 0 aromatic carbocycles. The van der Waals surface area contributed by atoms with Crippen LogP contribution < -0.4 is 0 Å². The fourth-order valence-corrected chi connectivity index (χ4v) is 5.94. The molecule has 2 heterocycles. The predicted octanol–water partition coefficient (Wildman–Crippen LogP) is -0.994. The second kappa shape index (κ2) is 10.3. The Hall–Kier alpha value is -2.37. The van der Waals surface area contributed by atoms with Crippen LogP contribution in [0.4, 0.5) is 0 Å². The first kappa shape index (κ1) is 24.9. The number of aliphatic hydroxyl groups excluding tert-OH is 1. The molecule has 0 saturated heterocycles. The number of hydrogen-bond acceptors (Lipinski definition) is 6. The van der Waals surface area contributed by atoms with Crippen molar-refractivity contribution in [1.29, 1.82) is 0 Å². The minimum atomic E-state index is -3.51. The fourth-order valence-electron chi connectivity index (χ4n) is 3.32. The number of aliphatic carboxylic acids is 1. The number of imide groups is 1. The van der Waals surface area contributed by atoms with Gasteiger partial charge in [-0.15, -0.1) is 0 Å². The van der Waals surface area contributed by atoms with Crippen LogP contribution in [0.3, 0.4) is 0 Å². The summed E-state index contributed by atoms with van der Waals surface area (Å²) in [5.74, 6) is -2.30. The molecule has 2 aliphatic heterocycles. The molecule has 0 aliphatic carbocycles. The number of nitrogens with zero attached hydrogens (tertiary/aromatic N) is 5. The molecule has 0 spiro atoms. The smallest absolute Gasteiger partial charge is 0.304 e. The van der Waals surface area contributed by atoms with Crippen molar-refractivity contribution in [3.8, 4) is 0 Å². The van der Waals surface area contributed by atoms with E-state index in [1.807, 2.05) is 0 Å². The summed E-state index contributed by atoms with van der Waals surface area (Å²) in [7, 11) is 1.15. The van der Waals surface area contributed by atoms with Gasteiger partial charge in [0.2, 0.25) is 5.91 Å². The van der Waals surface area contributed by atoms with Crippen LogP contribution in [-0.2, 0) is 23.7 Å². The third kappa shape index (κ3) is 5.66. The van der Waals surface area contributed by atoms with Crippen LogP contribution in [0.1, 0.15) is 6.42 Å². The van der Waals surface area contributed by atoms with Crippen LogP contribution in [0, 0.1) is 0 Å². The molecule has 0 saturated carbocycles. The first-order valence-electron chi connectivity index (χ1n) is 9.65. The highest BCUT2D eigenvalue weighted by molar-refractivity contribution is 7.56. The van der Waals surface area contributed by atoms with Gasteiger partial charge in [0.15, 0.2) is 0 Å². The number of carbonyl (C=O) groups excluding carboxylic acids is 3. The molecule has 12 nitrogen and oxygen atoms in total. The van der Waals surface area contributed by atoms with Gasteiger partial charge in [-0.25, -0.2) is 14.0 Å². The van der Waals surface area contributed by atoms with Crippen molar-refractivity contribution >= 4 is 31.3 Å². The minimum Gasteiger partial charge on any atom is -0.481 e. The first-order valence-corrected chi connectivity index (χ1v) is 11.2. The van der Waals surface area contributed by atoms with Gasteiger partial charge >= 0.3 is 5.97 Å². The molecule has 0 bridgehead atoms. The SMILES string of the molecule is CN(CCC(=O)O)P(=O)(N(C)CCN1C(=O)C=CC1=O)N(C)CCN1C(=O)C=CC1O. The van der Waals surface area contributed by atoms with Gasteiger partial charge in [0, 0.05) is 51.0 Å². The number of amides is 3. The molecule has 0 fully saturated rings. The Morgan fingerprint density at radius 2 is 1.45 bits per heavy atom. The van der Waals surface area contributed by atoms with E-state index in [0.29, 0.717) is 0 Å². The van der Waals surface area contributed by atoms with Crippen LogP contribution in [0.2, 0.25) is 0 Å². The molecule has 0 aromatic heterocycles. The zero-order valence-corrected chi connectivity index (χ0v) is 18.6. The van der Waals surface area contributed by atoms with E-state index in [1.165, 1.54) is 50.3 Å². The zero-order chi connectivity index (χ0) is 23.3. The number of likely N-dealkylation sites (N-methyl/N-ethyl adjacent to an activating group) is 2. The Bertz CT molecular complexity index is 827. The van der Waals surface area contributed by atoms with E-state index >= 15 is 0 Å². The second-order valence-corrected chi connectivity index (χ2v) is 10.3. The van der Waals surface area contributed by atoms with Crippen molar-refractivity contribution in [2.75, 3.05) is 53.9 Å². The van der Waals surface area contributed by atoms with Crippen molar-refractivity contribution in [1.82, 2.24) is 23.8 Å². The summed E-state index contributed by atoms with van der Waals surface area (Å²) in [6.07, 6.45) is 3.65. The lowest BCUT2D eigenvalue weighted by molar-refractivity contribution is -0.138. The Morgan fingerprint density at radius 1 is 0.935 bits per heavy atom. The zero-order valence-electron chi connectivity index (χ0n) is 17.7. The average molecular weight is 457 g/mol. The molecule has 0 aromatic rings. The Labute approximate surface area is 180 Å². The largest absolute Gasteiger partial charge is 0.481 e. The molecule has 0 radical (unpaired) electrons. The van der Waals surface area contributed by atoms with Gasteiger partial charge in [0.25, 0.3) is 19.4 Å². The van der Waals surface area contributed by atoms with Crippen molar-refractivity contribution < 1.29 is 34.0 Å². The van der Waals surface area contributed by atoms with Crippen molar-refractivity contribution in [2.24, 2.45) is 0 Å². The summed E-state index contributed by atoms with van der Waals surface area (Å²) in [4.78, 5) is 48.6. The highest BCUT2D eigenvalue weighted by Crippen LogP contribution is 2.53. The predicted molar refractivity (Wildman–Crippen MR) is 110 cm³/mol. The minimum absolute atomic E-state index is 0.00273. The number of rotatable bonds is 12. The monoisotopic (exact) mass is 457 g/mol. The number of carboxylic acid groups (broad SMARTS) is 1. The van der Waals surface area contributed by atoms with Gasteiger partial charge < -0.3 is 15.1 Å². The van der Waals surface area contributed by atoms with Crippen molar-refractivity contribution in [2.45, 2.75) is 12.6 Å². The summed E-state index contributed by atoms with van der Waals surface area (Å²) in [6.45, 7) is 0.328. The molecule has 172 valence electrons. The van der Waals surface area contributed by atoms with E-state index in [1.54, 1.807) is 14.1 Å². The fraction of sp³-hybridized carbons (Fsp3) is 0.556. The number of carboxylic acids is 1. The van der Waals surface area contributed by atoms with Crippen LogP contribution >= 0.6 is 7.59 Å². The van der Waals surface area contributed by atoms with E-state index < -0.39 is 31.6 Å². The highest BCUT2D eigenvalue weighted by Gasteiger charge is 2.38. The van der Waals surface area contributed by atoms with Gasteiger partial charge in [0.05, 0.1) is 6.42 Å². The van der Waals surface area contributed by atoms with Gasteiger partial charge in [-0.3, -0.25) is 28.6 Å². The summed E-state index contributed by atoms with van der Waals surface area (Å²) < 4.78 is 18.5. The maximum atomic E-state index is 14.1. The van der Waals surface area contributed by atoms with Crippen molar-refractivity contribution in [3.63, 3.8) is 0 Å². The van der Waals surface area contributed by atoms with E-state index in [0.717, 1.165) is 4.90 Å². The third-order valence-electron chi connectivity index (χ3n) is 5.21. The summed E-state index contributed by atoms with van der Waals surface area (Å²) in [5.41, 5.74) is 0. The summed E-state index contributed by atoms with van der Waals surface area (Å²) in [6, 6.07) is 0. The van der Waals surface area contributed by atoms with Gasteiger partial charge in [0.1, 0.15) is 6.23 Å².